The standard InChI is InChI=1S/C15H22N2O2/c1-11-7-8-17(10-14(11)19-2)15(18)9-12-5-3-4-6-13(12)16/h3-6,11,14H,7-10,16H2,1-2H3. The number of ether oxygens (including phenoxy) is 1. The number of carbonyl (C=O) groups excluding carboxylic acids is 1. The first-order valence-electron chi connectivity index (χ1n) is 6.75. The lowest BCUT2D eigenvalue weighted by molar-refractivity contribution is -0.135. The predicted molar refractivity (Wildman–Crippen MR) is 75.7 cm³/mol. The smallest absolute Gasteiger partial charge is 0.227 e. The van der Waals surface area contributed by atoms with Crippen molar-refractivity contribution < 1.29 is 9.53 Å². The van der Waals surface area contributed by atoms with Gasteiger partial charge in [-0.25, -0.2) is 0 Å². The maximum Gasteiger partial charge on any atom is 0.227 e. The second-order valence-electron chi connectivity index (χ2n) is 5.26. The molecule has 104 valence electrons. The van der Waals surface area contributed by atoms with Crippen molar-refractivity contribution in [1.82, 2.24) is 4.90 Å². The lowest BCUT2D eigenvalue weighted by Gasteiger charge is -2.36. The minimum absolute atomic E-state index is 0.131. The Labute approximate surface area is 114 Å². The first kappa shape index (κ1) is 13.9. The van der Waals surface area contributed by atoms with Gasteiger partial charge >= 0.3 is 0 Å². The molecule has 0 radical (unpaired) electrons. The van der Waals surface area contributed by atoms with E-state index in [1.54, 1.807) is 7.11 Å². The van der Waals surface area contributed by atoms with Crippen LogP contribution in [0.25, 0.3) is 0 Å². The van der Waals surface area contributed by atoms with Gasteiger partial charge in [-0.3, -0.25) is 4.79 Å². The fourth-order valence-corrected chi connectivity index (χ4v) is 2.54. The van der Waals surface area contributed by atoms with Crippen LogP contribution in [-0.2, 0) is 16.0 Å². The zero-order valence-electron chi connectivity index (χ0n) is 11.6. The van der Waals surface area contributed by atoms with Gasteiger partial charge in [-0.1, -0.05) is 25.1 Å². The highest BCUT2D eigenvalue weighted by molar-refractivity contribution is 5.80. The van der Waals surface area contributed by atoms with Crippen LogP contribution < -0.4 is 5.73 Å². The summed E-state index contributed by atoms with van der Waals surface area (Å²) in [5, 5.41) is 0. The lowest BCUT2D eigenvalue weighted by Crippen LogP contribution is -2.47. The third kappa shape index (κ3) is 3.26. The van der Waals surface area contributed by atoms with Crippen LogP contribution in [0.4, 0.5) is 5.69 Å². The Morgan fingerprint density at radius 2 is 2.21 bits per heavy atom. The fraction of sp³-hybridized carbons (Fsp3) is 0.533. The van der Waals surface area contributed by atoms with Crippen molar-refractivity contribution in [3.8, 4) is 0 Å². The van der Waals surface area contributed by atoms with Crippen molar-refractivity contribution >= 4 is 11.6 Å². The molecule has 2 atom stereocenters. The molecule has 1 aromatic rings. The molecule has 2 unspecified atom stereocenters. The number of methoxy groups -OCH3 is 1. The molecule has 2 N–H and O–H groups in total. The van der Waals surface area contributed by atoms with Crippen LogP contribution in [0.2, 0.25) is 0 Å². The molecule has 0 aliphatic carbocycles. The van der Waals surface area contributed by atoms with Gasteiger partial charge in [0.25, 0.3) is 0 Å². The summed E-state index contributed by atoms with van der Waals surface area (Å²) < 4.78 is 5.44. The quantitative estimate of drug-likeness (QED) is 0.843. The molecule has 0 spiro atoms. The van der Waals surface area contributed by atoms with Crippen LogP contribution >= 0.6 is 0 Å². The van der Waals surface area contributed by atoms with Crippen molar-refractivity contribution in [1.29, 1.82) is 0 Å². The summed E-state index contributed by atoms with van der Waals surface area (Å²) >= 11 is 0. The lowest BCUT2D eigenvalue weighted by atomic mass is 9.95. The Morgan fingerprint density at radius 3 is 2.89 bits per heavy atom. The molecule has 0 saturated carbocycles. The number of hydrogen-bond acceptors (Lipinski definition) is 3. The summed E-state index contributed by atoms with van der Waals surface area (Å²) in [5.41, 5.74) is 7.47. The SMILES string of the molecule is COC1CN(C(=O)Cc2ccccc2N)CCC1C. The first-order chi connectivity index (χ1) is 9.11. The van der Waals surface area contributed by atoms with Crippen molar-refractivity contribution in [3.05, 3.63) is 29.8 Å². The predicted octanol–water partition coefficient (Wildman–Crippen LogP) is 1.69. The molecule has 4 nitrogen and oxygen atoms in total. The van der Waals surface area contributed by atoms with E-state index in [4.69, 9.17) is 10.5 Å². The molecule has 0 bridgehead atoms. The van der Waals surface area contributed by atoms with Crippen LogP contribution in [0, 0.1) is 5.92 Å². The van der Waals surface area contributed by atoms with Gasteiger partial charge < -0.3 is 15.4 Å². The van der Waals surface area contributed by atoms with E-state index in [-0.39, 0.29) is 12.0 Å². The van der Waals surface area contributed by atoms with Crippen molar-refractivity contribution in [3.63, 3.8) is 0 Å². The monoisotopic (exact) mass is 262 g/mol. The topological polar surface area (TPSA) is 55.6 Å². The van der Waals surface area contributed by atoms with Crippen molar-refractivity contribution in [2.24, 2.45) is 5.92 Å². The van der Waals surface area contributed by atoms with Crippen LogP contribution in [0.1, 0.15) is 18.9 Å². The molecule has 0 aromatic heterocycles. The molecule has 19 heavy (non-hydrogen) atoms. The van der Waals surface area contributed by atoms with Crippen LogP contribution in [0.3, 0.4) is 0 Å². The van der Waals surface area contributed by atoms with Crippen molar-refractivity contribution in [2.45, 2.75) is 25.9 Å². The van der Waals surface area contributed by atoms with Gasteiger partial charge in [0, 0.05) is 25.9 Å². The van der Waals surface area contributed by atoms with Gasteiger partial charge in [0.05, 0.1) is 12.5 Å². The average molecular weight is 262 g/mol. The highest BCUT2D eigenvalue weighted by atomic mass is 16.5. The number of likely N-dealkylation sites (tertiary alicyclic amines) is 1. The van der Waals surface area contributed by atoms with E-state index in [0.717, 1.165) is 18.5 Å². The van der Waals surface area contributed by atoms with E-state index in [1.165, 1.54) is 0 Å². The molecule has 4 heteroatoms. The zero-order chi connectivity index (χ0) is 13.8. The number of hydrogen-bond donors (Lipinski definition) is 1. The van der Waals surface area contributed by atoms with E-state index in [1.807, 2.05) is 29.2 Å². The number of rotatable bonds is 3. The molecule has 1 aliphatic heterocycles. The van der Waals surface area contributed by atoms with E-state index in [9.17, 15) is 4.79 Å². The minimum Gasteiger partial charge on any atom is -0.398 e. The number of nitrogens with zero attached hydrogens (tertiary/aromatic N) is 1. The maximum absolute atomic E-state index is 12.3. The van der Waals surface area contributed by atoms with Crippen LogP contribution in [0.5, 0.6) is 0 Å². The normalized spacial score (nSPS) is 23.4. The number of piperidine rings is 1. The number of benzene rings is 1. The summed E-state index contributed by atoms with van der Waals surface area (Å²) in [6.07, 6.45) is 1.51. The number of anilines is 1. The van der Waals surface area contributed by atoms with E-state index >= 15 is 0 Å². The molecule has 2 rings (SSSR count). The second kappa shape index (κ2) is 6.06. The summed E-state index contributed by atoms with van der Waals surface area (Å²) in [5.74, 6) is 0.641. The number of para-hydroxylation sites is 1. The van der Waals surface area contributed by atoms with Crippen molar-refractivity contribution in [2.75, 3.05) is 25.9 Å². The average Bonchev–Trinajstić information content (AvgIpc) is 2.42. The fourth-order valence-electron chi connectivity index (χ4n) is 2.54. The molecular formula is C15H22N2O2. The Balaban J connectivity index is 1.99. The van der Waals surface area contributed by atoms with E-state index in [2.05, 4.69) is 6.92 Å². The Morgan fingerprint density at radius 1 is 1.47 bits per heavy atom. The van der Waals surface area contributed by atoms with Gasteiger partial charge in [-0.15, -0.1) is 0 Å². The second-order valence-corrected chi connectivity index (χ2v) is 5.26. The zero-order valence-corrected chi connectivity index (χ0v) is 11.6. The number of carbonyl (C=O) groups is 1. The molecule has 1 heterocycles. The molecular weight excluding hydrogens is 240 g/mol. The summed E-state index contributed by atoms with van der Waals surface area (Å²) in [7, 11) is 1.71. The summed E-state index contributed by atoms with van der Waals surface area (Å²) in [6, 6.07) is 7.54. The number of amides is 1. The third-order valence-corrected chi connectivity index (χ3v) is 3.94. The Kier molecular flexibility index (Phi) is 4.43. The van der Waals surface area contributed by atoms with E-state index < -0.39 is 0 Å². The highest BCUT2D eigenvalue weighted by Crippen LogP contribution is 2.21. The summed E-state index contributed by atoms with van der Waals surface area (Å²) in [6.45, 7) is 3.67. The largest absolute Gasteiger partial charge is 0.398 e. The molecule has 1 amide bonds. The van der Waals surface area contributed by atoms with Gasteiger partial charge in [0.15, 0.2) is 0 Å². The van der Waals surface area contributed by atoms with Gasteiger partial charge in [0.2, 0.25) is 5.91 Å². The molecule has 1 aromatic carbocycles. The minimum atomic E-state index is 0.131. The molecule has 1 fully saturated rings. The molecule has 1 aliphatic rings. The summed E-state index contributed by atoms with van der Waals surface area (Å²) in [4.78, 5) is 14.2. The van der Waals surface area contributed by atoms with Crippen LogP contribution in [-0.4, -0.2) is 37.1 Å². The van der Waals surface area contributed by atoms with Gasteiger partial charge in [-0.05, 0) is 24.0 Å². The highest BCUT2D eigenvalue weighted by Gasteiger charge is 2.28. The molecule has 1 saturated heterocycles. The van der Waals surface area contributed by atoms with Crippen LogP contribution in [0.15, 0.2) is 24.3 Å². The number of nitrogen functional groups attached to an aromatic ring is 1. The first-order valence-corrected chi connectivity index (χ1v) is 6.75. The Hall–Kier alpha value is -1.55. The third-order valence-electron chi connectivity index (χ3n) is 3.94. The Bertz CT molecular complexity index is 448. The van der Waals surface area contributed by atoms with Gasteiger partial charge in [-0.2, -0.15) is 0 Å². The van der Waals surface area contributed by atoms with Gasteiger partial charge in [0.1, 0.15) is 0 Å². The van der Waals surface area contributed by atoms with E-state index in [0.29, 0.717) is 24.6 Å². The maximum atomic E-state index is 12.3. The number of nitrogens with two attached hydrogens (primary N) is 1.